The van der Waals surface area contributed by atoms with Gasteiger partial charge in [-0.15, -0.1) is 0 Å². The number of halogens is 3. The van der Waals surface area contributed by atoms with E-state index in [0.717, 1.165) is 6.42 Å². The predicted molar refractivity (Wildman–Crippen MR) is 62.7 cm³/mol. The lowest BCUT2D eigenvalue weighted by Crippen LogP contribution is -2.54. The lowest BCUT2D eigenvalue weighted by atomic mass is 9.71. The van der Waals surface area contributed by atoms with Gasteiger partial charge in [-0.3, -0.25) is 4.79 Å². The van der Waals surface area contributed by atoms with Crippen LogP contribution in [0, 0.1) is 0 Å². The van der Waals surface area contributed by atoms with E-state index in [1.165, 1.54) is 7.11 Å². The fraction of sp³-hybridized carbons (Fsp3) is 0.462. The standard InChI is InChI=1S/C13H14F3NO2/c1-19-10-5-3-9(4-6-10)12(7-2-8-12)17-11(18)13(14,15)16/h3-6H,2,7-8H2,1H3,(H,17,18). The van der Waals surface area contributed by atoms with Crippen LogP contribution in [-0.4, -0.2) is 19.2 Å². The second kappa shape index (κ2) is 4.75. The minimum atomic E-state index is -4.85. The first kappa shape index (κ1) is 13.7. The molecule has 0 aliphatic heterocycles. The molecule has 3 nitrogen and oxygen atoms in total. The molecule has 0 unspecified atom stereocenters. The Labute approximate surface area is 108 Å². The maximum atomic E-state index is 12.3. The molecule has 0 heterocycles. The van der Waals surface area contributed by atoms with E-state index in [-0.39, 0.29) is 0 Å². The summed E-state index contributed by atoms with van der Waals surface area (Å²) in [7, 11) is 1.51. The number of ether oxygens (including phenoxy) is 1. The van der Waals surface area contributed by atoms with E-state index in [2.05, 4.69) is 5.32 Å². The summed E-state index contributed by atoms with van der Waals surface area (Å²) in [5.41, 5.74) is -0.212. The van der Waals surface area contributed by atoms with Crippen LogP contribution < -0.4 is 10.1 Å². The predicted octanol–water partition coefficient (Wildman–Crippen LogP) is 2.75. The average Bonchev–Trinajstić information content (AvgIpc) is 2.32. The van der Waals surface area contributed by atoms with Gasteiger partial charge in [0.05, 0.1) is 12.6 Å². The van der Waals surface area contributed by atoms with Crippen molar-refractivity contribution >= 4 is 5.91 Å². The van der Waals surface area contributed by atoms with E-state index in [1.807, 2.05) is 0 Å². The van der Waals surface area contributed by atoms with Crippen molar-refractivity contribution in [3.05, 3.63) is 29.8 Å². The van der Waals surface area contributed by atoms with E-state index >= 15 is 0 Å². The van der Waals surface area contributed by atoms with Gasteiger partial charge in [-0.2, -0.15) is 13.2 Å². The summed E-state index contributed by atoms with van der Waals surface area (Å²) in [5.74, 6) is -1.26. The lowest BCUT2D eigenvalue weighted by molar-refractivity contribution is -0.177. The monoisotopic (exact) mass is 273 g/mol. The molecule has 1 aliphatic rings. The highest BCUT2D eigenvalue weighted by molar-refractivity contribution is 5.82. The van der Waals surface area contributed by atoms with Crippen molar-refractivity contribution in [1.29, 1.82) is 0 Å². The van der Waals surface area contributed by atoms with E-state index in [1.54, 1.807) is 24.3 Å². The Hall–Kier alpha value is -1.72. The van der Waals surface area contributed by atoms with Gasteiger partial charge in [-0.25, -0.2) is 0 Å². The third kappa shape index (κ3) is 2.67. The molecule has 2 rings (SSSR count). The fourth-order valence-corrected chi connectivity index (χ4v) is 2.21. The molecule has 1 aromatic rings. The highest BCUT2D eigenvalue weighted by Crippen LogP contribution is 2.42. The molecule has 0 radical (unpaired) electrons. The smallest absolute Gasteiger partial charge is 0.471 e. The van der Waals surface area contributed by atoms with Gasteiger partial charge in [0, 0.05) is 0 Å². The summed E-state index contributed by atoms with van der Waals surface area (Å²) in [6.45, 7) is 0. The first-order valence-electron chi connectivity index (χ1n) is 5.91. The minimum Gasteiger partial charge on any atom is -0.497 e. The fourth-order valence-electron chi connectivity index (χ4n) is 2.21. The Morgan fingerprint density at radius 1 is 1.26 bits per heavy atom. The molecule has 1 aliphatic carbocycles. The van der Waals surface area contributed by atoms with E-state index < -0.39 is 17.6 Å². The molecule has 1 fully saturated rings. The molecule has 104 valence electrons. The van der Waals surface area contributed by atoms with Crippen molar-refractivity contribution in [2.75, 3.05) is 7.11 Å². The van der Waals surface area contributed by atoms with Gasteiger partial charge in [0.2, 0.25) is 0 Å². The molecule has 1 saturated carbocycles. The van der Waals surface area contributed by atoms with Gasteiger partial charge < -0.3 is 10.1 Å². The van der Waals surface area contributed by atoms with Crippen LogP contribution in [0.25, 0.3) is 0 Å². The molecule has 0 saturated heterocycles. The average molecular weight is 273 g/mol. The van der Waals surface area contributed by atoms with Crippen LogP contribution in [0.3, 0.4) is 0 Å². The number of carbonyl (C=O) groups excluding carboxylic acids is 1. The second-order valence-corrected chi connectivity index (χ2v) is 4.62. The number of carbonyl (C=O) groups is 1. The molecule has 0 bridgehead atoms. The molecule has 0 spiro atoms. The highest BCUT2D eigenvalue weighted by Gasteiger charge is 2.47. The zero-order valence-corrected chi connectivity index (χ0v) is 10.4. The zero-order valence-electron chi connectivity index (χ0n) is 10.4. The Morgan fingerprint density at radius 2 is 1.84 bits per heavy atom. The first-order valence-corrected chi connectivity index (χ1v) is 5.91. The lowest BCUT2D eigenvalue weighted by Gasteiger charge is -2.43. The molecular formula is C13H14F3NO2. The van der Waals surface area contributed by atoms with Crippen LogP contribution in [0.1, 0.15) is 24.8 Å². The summed E-state index contributed by atoms with van der Waals surface area (Å²) in [6, 6.07) is 6.73. The van der Waals surface area contributed by atoms with E-state index in [4.69, 9.17) is 4.74 Å². The second-order valence-electron chi connectivity index (χ2n) is 4.62. The summed E-state index contributed by atoms with van der Waals surface area (Å²) in [4.78, 5) is 11.1. The van der Waals surface area contributed by atoms with Crippen molar-refractivity contribution < 1.29 is 22.7 Å². The number of methoxy groups -OCH3 is 1. The topological polar surface area (TPSA) is 38.3 Å². The molecule has 19 heavy (non-hydrogen) atoms. The molecular weight excluding hydrogens is 259 g/mol. The number of alkyl halides is 3. The van der Waals surface area contributed by atoms with Crippen molar-refractivity contribution in [2.24, 2.45) is 0 Å². The molecule has 1 aromatic carbocycles. The van der Waals surface area contributed by atoms with Crippen LogP contribution >= 0.6 is 0 Å². The number of rotatable bonds is 3. The van der Waals surface area contributed by atoms with Crippen molar-refractivity contribution in [2.45, 2.75) is 31.0 Å². The number of benzene rings is 1. The number of hydrogen-bond donors (Lipinski definition) is 1. The Kier molecular flexibility index (Phi) is 3.43. The van der Waals surface area contributed by atoms with Gasteiger partial charge in [0.25, 0.3) is 0 Å². The van der Waals surface area contributed by atoms with Crippen molar-refractivity contribution in [3.8, 4) is 5.75 Å². The largest absolute Gasteiger partial charge is 0.497 e. The van der Waals surface area contributed by atoms with Crippen molar-refractivity contribution in [1.82, 2.24) is 5.32 Å². The van der Waals surface area contributed by atoms with E-state index in [9.17, 15) is 18.0 Å². The zero-order chi connectivity index (χ0) is 14.1. The highest BCUT2D eigenvalue weighted by atomic mass is 19.4. The van der Waals surface area contributed by atoms with Crippen LogP contribution in [-0.2, 0) is 10.3 Å². The Balaban J connectivity index is 2.20. The van der Waals surface area contributed by atoms with Gasteiger partial charge >= 0.3 is 12.1 Å². The molecule has 0 aromatic heterocycles. The normalized spacial score (nSPS) is 17.5. The molecule has 0 atom stereocenters. The van der Waals surface area contributed by atoms with Crippen molar-refractivity contribution in [3.63, 3.8) is 0 Å². The van der Waals surface area contributed by atoms with Gasteiger partial charge in [-0.1, -0.05) is 12.1 Å². The maximum absolute atomic E-state index is 12.3. The number of amides is 1. The van der Waals surface area contributed by atoms with Gasteiger partial charge in [0.1, 0.15) is 5.75 Å². The third-order valence-electron chi connectivity index (χ3n) is 3.46. The van der Waals surface area contributed by atoms with Crippen LogP contribution in [0.5, 0.6) is 5.75 Å². The van der Waals surface area contributed by atoms with Crippen LogP contribution in [0.2, 0.25) is 0 Å². The van der Waals surface area contributed by atoms with Gasteiger partial charge in [-0.05, 0) is 37.0 Å². The number of hydrogen-bond acceptors (Lipinski definition) is 2. The summed E-state index contributed by atoms with van der Waals surface area (Å²) >= 11 is 0. The van der Waals surface area contributed by atoms with Gasteiger partial charge in [0.15, 0.2) is 0 Å². The quantitative estimate of drug-likeness (QED) is 0.919. The SMILES string of the molecule is COc1ccc(C2(NC(=O)C(F)(F)F)CCC2)cc1. The van der Waals surface area contributed by atoms with E-state index in [0.29, 0.717) is 24.2 Å². The first-order chi connectivity index (χ1) is 8.87. The number of nitrogens with one attached hydrogen (secondary N) is 1. The Morgan fingerprint density at radius 3 is 2.21 bits per heavy atom. The molecule has 1 amide bonds. The van der Waals surface area contributed by atoms with Crippen LogP contribution in [0.15, 0.2) is 24.3 Å². The molecule has 6 heteroatoms. The minimum absolute atomic E-state index is 0.515. The maximum Gasteiger partial charge on any atom is 0.471 e. The summed E-state index contributed by atoms with van der Waals surface area (Å²) in [5, 5.41) is 2.12. The van der Waals surface area contributed by atoms with Crippen LogP contribution in [0.4, 0.5) is 13.2 Å². The Bertz CT molecular complexity index is 464. The summed E-state index contributed by atoms with van der Waals surface area (Å²) < 4.78 is 42.0. The molecule has 1 N–H and O–H groups in total. The third-order valence-corrected chi connectivity index (χ3v) is 3.46. The summed E-state index contributed by atoms with van der Waals surface area (Å²) in [6.07, 6.45) is -3.03.